The third-order valence-corrected chi connectivity index (χ3v) is 4.26. The Labute approximate surface area is 149 Å². The normalized spacial score (nSPS) is 16.5. The molecule has 1 amide bonds. The van der Waals surface area contributed by atoms with Crippen LogP contribution in [0, 0.1) is 5.92 Å². The molecular formula is C19H23ClN2O2. The van der Waals surface area contributed by atoms with Gasteiger partial charge in [-0.1, -0.05) is 30.3 Å². The predicted molar refractivity (Wildman–Crippen MR) is 97.5 cm³/mol. The molecule has 3 rings (SSSR count). The van der Waals surface area contributed by atoms with Crippen LogP contribution >= 0.6 is 12.4 Å². The van der Waals surface area contributed by atoms with Crippen LogP contribution in [0.2, 0.25) is 0 Å². The number of carbonyl (C=O) groups excluding carboxylic acids is 1. The molecule has 2 N–H and O–H groups in total. The standard InChI is InChI=1S/C19H22N2O2.ClH/c20-12-16-10-11-21(13-16)19(22)17-8-6-15(7-9-17)14-23-18-4-2-1-3-5-18;/h1-9,16H,10-14,20H2;1H. The molecule has 4 nitrogen and oxygen atoms in total. The van der Waals surface area contributed by atoms with Crippen molar-refractivity contribution in [2.24, 2.45) is 11.7 Å². The number of nitrogens with two attached hydrogens (primary N) is 1. The molecule has 1 unspecified atom stereocenters. The summed E-state index contributed by atoms with van der Waals surface area (Å²) in [6.07, 6.45) is 1.01. The number of benzene rings is 2. The van der Waals surface area contributed by atoms with E-state index in [-0.39, 0.29) is 18.3 Å². The van der Waals surface area contributed by atoms with Crippen molar-refractivity contribution in [2.45, 2.75) is 13.0 Å². The van der Waals surface area contributed by atoms with Crippen molar-refractivity contribution in [2.75, 3.05) is 19.6 Å². The molecule has 0 aromatic heterocycles. The zero-order valence-corrected chi connectivity index (χ0v) is 14.4. The number of hydrogen-bond acceptors (Lipinski definition) is 3. The summed E-state index contributed by atoms with van der Waals surface area (Å²) < 4.78 is 5.71. The van der Waals surface area contributed by atoms with Gasteiger partial charge in [-0.15, -0.1) is 12.4 Å². The summed E-state index contributed by atoms with van der Waals surface area (Å²) in [4.78, 5) is 14.3. The summed E-state index contributed by atoms with van der Waals surface area (Å²) in [5, 5.41) is 0. The Hall–Kier alpha value is -2.04. The fraction of sp³-hybridized carbons (Fsp3) is 0.316. The van der Waals surface area contributed by atoms with Gasteiger partial charge in [0.25, 0.3) is 5.91 Å². The van der Waals surface area contributed by atoms with E-state index in [0.717, 1.165) is 36.4 Å². The average Bonchev–Trinajstić information content (AvgIpc) is 3.10. The molecule has 5 heteroatoms. The molecule has 1 saturated heterocycles. The van der Waals surface area contributed by atoms with Crippen LogP contribution in [0.3, 0.4) is 0 Å². The van der Waals surface area contributed by atoms with E-state index < -0.39 is 0 Å². The van der Waals surface area contributed by atoms with Gasteiger partial charge in [-0.05, 0) is 48.7 Å². The molecule has 0 saturated carbocycles. The Morgan fingerprint density at radius 3 is 2.46 bits per heavy atom. The minimum absolute atomic E-state index is 0. The first-order valence-electron chi connectivity index (χ1n) is 8.02. The van der Waals surface area contributed by atoms with Crippen LogP contribution in [-0.2, 0) is 6.61 Å². The molecule has 1 atom stereocenters. The summed E-state index contributed by atoms with van der Waals surface area (Å²) in [6.45, 7) is 2.73. The van der Waals surface area contributed by atoms with Crippen molar-refractivity contribution in [1.82, 2.24) is 4.90 Å². The number of carbonyl (C=O) groups is 1. The molecule has 0 bridgehead atoms. The van der Waals surface area contributed by atoms with Crippen molar-refractivity contribution in [3.05, 3.63) is 65.7 Å². The maximum Gasteiger partial charge on any atom is 0.253 e. The summed E-state index contributed by atoms with van der Waals surface area (Å²) in [5.74, 6) is 1.38. The van der Waals surface area contributed by atoms with Gasteiger partial charge in [-0.25, -0.2) is 0 Å². The lowest BCUT2D eigenvalue weighted by molar-refractivity contribution is 0.0787. The van der Waals surface area contributed by atoms with Gasteiger partial charge in [0, 0.05) is 18.7 Å². The van der Waals surface area contributed by atoms with Gasteiger partial charge in [0.2, 0.25) is 0 Å². The zero-order valence-electron chi connectivity index (χ0n) is 13.6. The van der Waals surface area contributed by atoms with Crippen molar-refractivity contribution < 1.29 is 9.53 Å². The highest BCUT2D eigenvalue weighted by atomic mass is 35.5. The largest absolute Gasteiger partial charge is 0.489 e. The summed E-state index contributed by atoms with van der Waals surface area (Å²) >= 11 is 0. The van der Waals surface area contributed by atoms with Crippen molar-refractivity contribution >= 4 is 18.3 Å². The molecule has 0 aliphatic carbocycles. The van der Waals surface area contributed by atoms with Crippen molar-refractivity contribution in [3.8, 4) is 5.75 Å². The van der Waals surface area contributed by atoms with E-state index in [2.05, 4.69) is 0 Å². The Morgan fingerprint density at radius 2 is 1.83 bits per heavy atom. The zero-order chi connectivity index (χ0) is 16.1. The van der Waals surface area contributed by atoms with Crippen LogP contribution in [0.25, 0.3) is 0 Å². The van der Waals surface area contributed by atoms with Gasteiger partial charge in [0.05, 0.1) is 0 Å². The lowest BCUT2D eigenvalue weighted by atomic mass is 10.1. The number of rotatable bonds is 5. The molecule has 24 heavy (non-hydrogen) atoms. The highest BCUT2D eigenvalue weighted by Gasteiger charge is 2.25. The maximum absolute atomic E-state index is 12.5. The molecular weight excluding hydrogens is 324 g/mol. The highest BCUT2D eigenvalue weighted by molar-refractivity contribution is 5.94. The summed E-state index contributed by atoms with van der Waals surface area (Å²) in [7, 11) is 0. The topological polar surface area (TPSA) is 55.6 Å². The summed E-state index contributed by atoms with van der Waals surface area (Å²) in [5.41, 5.74) is 7.46. The van der Waals surface area contributed by atoms with Crippen LogP contribution in [-0.4, -0.2) is 30.4 Å². The monoisotopic (exact) mass is 346 g/mol. The fourth-order valence-electron chi connectivity index (χ4n) is 2.82. The number of hydrogen-bond donors (Lipinski definition) is 1. The molecule has 2 aromatic rings. The Balaban J connectivity index is 0.00000208. The smallest absolute Gasteiger partial charge is 0.253 e. The molecule has 1 fully saturated rings. The second kappa shape index (κ2) is 8.71. The van der Waals surface area contributed by atoms with Crippen LogP contribution in [0.4, 0.5) is 0 Å². The van der Waals surface area contributed by atoms with Gasteiger partial charge in [0.15, 0.2) is 0 Å². The first kappa shape index (κ1) is 18.3. The minimum atomic E-state index is 0. The van der Waals surface area contributed by atoms with Crippen LogP contribution in [0.5, 0.6) is 5.75 Å². The SMILES string of the molecule is Cl.NCC1CCN(C(=O)c2ccc(COc3ccccc3)cc2)C1. The molecule has 0 radical (unpaired) electrons. The van der Waals surface area contributed by atoms with E-state index >= 15 is 0 Å². The molecule has 1 heterocycles. The van der Waals surface area contributed by atoms with E-state index in [1.54, 1.807) is 0 Å². The Bertz CT molecular complexity index is 646. The summed E-state index contributed by atoms with van der Waals surface area (Å²) in [6, 6.07) is 17.4. The quantitative estimate of drug-likeness (QED) is 0.905. The van der Waals surface area contributed by atoms with E-state index in [1.165, 1.54) is 0 Å². The number of likely N-dealkylation sites (tertiary alicyclic amines) is 1. The second-order valence-electron chi connectivity index (χ2n) is 5.94. The lowest BCUT2D eigenvalue weighted by Gasteiger charge is -2.16. The second-order valence-corrected chi connectivity index (χ2v) is 5.94. The first-order valence-corrected chi connectivity index (χ1v) is 8.02. The minimum Gasteiger partial charge on any atom is -0.489 e. The van der Waals surface area contributed by atoms with Gasteiger partial charge in [0.1, 0.15) is 12.4 Å². The third-order valence-electron chi connectivity index (χ3n) is 4.26. The third kappa shape index (κ3) is 4.49. The van der Waals surface area contributed by atoms with Gasteiger partial charge < -0.3 is 15.4 Å². The van der Waals surface area contributed by atoms with Gasteiger partial charge in [-0.3, -0.25) is 4.79 Å². The molecule has 128 valence electrons. The number of amides is 1. The molecule has 0 spiro atoms. The number of ether oxygens (including phenoxy) is 1. The van der Waals surface area contributed by atoms with Crippen LogP contribution in [0.1, 0.15) is 22.3 Å². The van der Waals surface area contributed by atoms with Crippen molar-refractivity contribution in [1.29, 1.82) is 0 Å². The van der Waals surface area contributed by atoms with E-state index in [4.69, 9.17) is 10.5 Å². The highest BCUT2D eigenvalue weighted by Crippen LogP contribution is 2.18. The van der Waals surface area contributed by atoms with Crippen molar-refractivity contribution in [3.63, 3.8) is 0 Å². The van der Waals surface area contributed by atoms with E-state index in [1.807, 2.05) is 59.5 Å². The van der Waals surface area contributed by atoms with Gasteiger partial charge in [-0.2, -0.15) is 0 Å². The average molecular weight is 347 g/mol. The van der Waals surface area contributed by atoms with Crippen LogP contribution < -0.4 is 10.5 Å². The number of halogens is 1. The fourth-order valence-corrected chi connectivity index (χ4v) is 2.82. The lowest BCUT2D eigenvalue weighted by Crippen LogP contribution is -2.29. The molecule has 1 aliphatic heterocycles. The van der Waals surface area contributed by atoms with E-state index in [9.17, 15) is 4.79 Å². The molecule has 1 aliphatic rings. The Morgan fingerprint density at radius 1 is 1.12 bits per heavy atom. The predicted octanol–water partition coefficient (Wildman–Crippen LogP) is 3.11. The molecule has 2 aromatic carbocycles. The number of nitrogens with zero attached hydrogens (tertiary/aromatic N) is 1. The first-order chi connectivity index (χ1) is 11.3. The Kier molecular flexibility index (Phi) is 6.64. The van der Waals surface area contributed by atoms with Gasteiger partial charge >= 0.3 is 0 Å². The van der Waals surface area contributed by atoms with E-state index in [0.29, 0.717) is 19.1 Å². The number of para-hydroxylation sites is 1. The van der Waals surface area contributed by atoms with Crippen LogP contribution in [0.15, 0.2) is 54.6 Å². The maximum atomic E-state index is 12.5.